The van der Waals surface area contributed by atoms with Gasteiger partial charge in [0.05, 0.1) is 0 Å². The van der Waals surface area contributed by atoms with E-state index in [1.165, 1.54) is 12.1 Å². The van der Waals surface area contributed by atoms with Crippen molar-refractivity contribution in [2.45, 2.75) is 11.0 Å². The van der Waals surface area contributed by atoms with Crippen molar-refractivity contribution in [2.75, 3.05) is 0 Å². The zero-order valence-corrected chi connectivity index (χ0v) is 6.77. The van der Waals surface area contributed by atoms with Crippen LogP contribution in [-0.4, -0.2) is 9.51 Å². The van der Waals surface area contributed by atoms with E-state index in [-0.39, 0.29) is 6.42 Å². The summed E-state index contributed by atoms with van der Waals surface area (Å²) in [6.45, 7) is 3.30. The summed E-state index contributed by atoms with van der Waals surface area (Å²) in [5, 5.41) is 8.31. The van der Waals surface area contributed by atoms with E-state index in [4.69, 9.17) is 21.8 Å². The third-order valence-electron chi connectivity index (χ3n) is 0.889. The van der Waals surface area contributed by atoms with Gasteiger partial charge in [0.15, 0.2) is 0 Å². The Bertz CT molecular complexity index is 200. The molecule has 0 heterocycles. The fourth-order valence-corrected chi connectivity index (χ4v) is 0.838. The predicted octanol–water partition coefficient (Wildman–Crippen LogP) is 1.76. The molecule has 0 aromatic rings. The highest BCUT2D eigenvalue weighted by molar-refractivity contribution is 7.43. The van der Waals surface area contributed by atoms with Gasteiger partial charge >= 0.3 is 12.6 Å². The second kappa shape index (κ2) is 3.68. The number of alkyl halides is 1. The Morgan fingerprint density at radius 1 is 2.00 bits per heavy atom. The van der Waals surface area contributed by atoms with E-state index in [0.717, 1.165) is 0 Å². The molecule has 2 unspecified atom stereocenters. The van der Waals surface area contributed by atoms with Gasteiger partial charge in [-0.15, -0.1) is 6.58 Å². The van der Waals surface area contributed by atoms with Crippen LogP contribution in [0.5, 0.6) is 0 Å². The van der Waals surface area contributed by atoms with Crippen molar-refractivity contribution in [1.82, 2.24) is 0 Å². The van der Waals surface area contributed by atoms with Crippen LogP contribution >= 0.6 is 19.6 Å². The molecule has 0 saturated carbocycles. The third-order valence-corrected chi connectivity index (χ3v) is 2.45. The van der Waals surface area contributed by atoms with Crippen LogP contribution in [-0.2, 0) is 4.57 Å². The Kier molecular flexibility index (Phi) is 3.52. The maximum absolute atomic E-state index is 10.4. The van der Waals surface area contributed by atoms with Gasteiger partial charge in [0.25, 0.3) is 0 Å². The Labute approximate surface area is 64.8 Å². The largest absolute Gasteiger partial charge is 0.544 e. The highest BCUT2D eigenvalue weighted by Gasteiger charge is 2.47. The molecule has 0 aromatic heterocycles. The minimum Gasteiger partial charge on any atom is -0.191 e. The van der Waals surface area contributed by atoms with Gasteiger partial charge in [0, 0.05) is 6.42 Å². The van der Waals surface area contributed by atoms with Crippen LogP contribution in [0.15, 0.2) is 12.7 Å². The zero-order chi connectivity index (χ0) is 8.20. The monoisotopic (exact) mass is 178 g/mol. The molecule has 0 spiro atoms. The normalized spacial score (nSPS) is 16.7. The summed E-state index contributed by atoms with van der Waals surface area (Å²) in [6.07, 6.45) is 1.34. The Hall–Kier alpha value is -0.420. The molecule has 0 fully saturated rings. The van der Waals surface area contributed by atoms with Crippen LogP contribution in [0.2, 0.25) is 0 Å². The van der Waals surface area contributed by atoms with Gasteiger partial charge in [0.1, 0.15) is 6.07 Å². The average Bonchev–Trinajstić information content (AvgIpc) is 1.88. The molecule has 0 aliphatic rings. The van der Waals surface area contributed by atoms with Crippen molar-refractivity contribution in [1.29, 1.82) is 5.26 Å². The minimum atomic E-state index is -2.67. The van der Waals surface area contributed by atoms with Crippen molar-refractivity contribution in [3.05, 3.63) is 12.7 Å². The number of hydrogen-bond donors (Lipinski definition) is 1. The first kappa shape index (κ1) is 9.58. The molecule has 0 bridgehead atoms. The summed E-state index contributed by atoms with van der Waals surface area (Å²) < 4.78 is 8.70. The Balaban J connectivity index is 4.42. The molecule has 0 radical (unpaired) electrons. The van der Waals surface area contributed by atoms with E-state index in [1.54, 1.807) is 0 Å². The molecule has 0 aliphatic carbocycles. The molecule has 0 amide bonds. The van der Waals surface area contributed by atoms with Crippen molar-refractivity contribution in [3.8, 4) is 6.07 Å². The van der Waals surface area contributed by atoms with Gasteiger partial charge in [-0.05, 0) is 16.2 Å². The molecular formula is C5H6ClNO2P+. The standard InChI is InChI=1S/C5H5ClNO2P/c1-2-3-5(6,4-7)10(8)9/h2H,1,3H2/p+1. The van der Waals surface area contributed by atoms with Gasteiger partial charge in [-0.25, -0.2) is 0 Å². The topological polar surface area (TPSA) is 61.1 Å². The van der Waals surface area contributed by atoms with Crippen LogP contribution in [0.25, 0.3) is 0 Å². The van der Waals surface area contributed by atoms with Crippen molar-refractivity contribution in [3.63, 3.8) is 0 Å². The molecule has 54 valence electrons. The number of nitrogens with zero attached hydrogens (tertiary/aromatic N) is 1. The number of halogens is 1. The first-order chi connectivity index (χ1) is 4.56. The lowest BCUT2D eigenvalue weighted by atomic mass is 10.3. The van der Waals surface area contributed by atoms with E-state index >= 15 is 0 Å². The van der Waals surface area contributed by atoms with Crippen LogP contribution in [0.4, 0.5) is 0 Å². The number of nitriles is 1. The molecule has 0 saturated heterocycles. The number of hydrogen-bond acceptors (Lipinski definition) is 2. The summed E-state index contributed by atoms with van der Waals surface area (Å²) in [5.74, 6) is 0. The van der Waals surface area contributed by atoms with Crippen LogP contribution in [0.3, 0.4) is 0 Å². The summed E-state index contributed by atoms with van der Waals surface area (Å²) in [5.41, 5.74) is 0. The van der Waals surface area contributed by atoms with Crippen molar-refractivity contribution < 1.29 is 9.46 Å². The van der Waals surface area contributed by atoms with E-state index in [2.05, 4.69) is 6.58 Å². The molecule has 0 aliphatic heterocycles. The van der Waals surface area contributed by atoms with Gasteiger partial charge in [-0.2, -0.15) is 10.2 Å². The molecule has 3 nitrogen and oxygen atoms in total. The van der Waals surface area contributed by atoms with Crippen molar-refractivity contribution >= 4 is 19.6 Å². The summed E-state index contributed by atoms with van der Waals surface area (Å²) in [7, 11) is -2.67. The molecule has 0 rings (SSSR count). The van der Waals surface area contributed by atoms with E-state index in [1.807, 2.05) is 0 Å². The van der Waals surface area contributed by atoms with Gasteiger partial charge < -0.3 is 0 Å². The van der Waals surface area contributed by atoms with E-state index in [9.17, 15) is 4.57 Å². The Morgan fingerprint density at radius 2 is 2.50 bits per heavy atom. The summed E-state index contributed by atoms with van der Waals surface area (Å²) in [4.78, 5) is 8.51. The molecule has 10 heavy (non-hydrogen) atoms. The van der Waals surface area contributed by atoms with Crippen LogP contribution < -0.4 is 0 Å². The maximum Gasteiger partial charge on any atom is 0.544 e. The SMILES string of the molecule is C=CCC(Cl)(C#N)[P+](=O)O. The third kappa shape index (κ3) is 2.07. The lowest BCUT2D eigenvalue weighted by Crippen LogP contribution is -2.10. The highest BCUT2D eigenvalue weighted by Crippen LogP contribution is 2.41. The quantitative estimate of drug-likeness (QED) is 0.407. The zero-order valence-electron chi connectivity index (χ0n) is 5.12. The predicted molar refractivity (Wildman–Crippen MR) is 38.8 cm³/mol. The van der Waals surface area contributed by atoms with E-state index in [0.29, 0.717) is 0 Å². The fraction of sp³-hybridized carbons (Fsp3) is 0.400. The van der Waals surface area contributed by atoms with E-state index < -0.39 is 12.6 Å². The van der Waals surface area contributed by atoms with Gasteiger partial charge in [-0.3, -0.25) is 0 Å². The molecule has 5 heteroatoms. The molecule has 1 N–H and O–H groups in total. The highest BCUT2D eigenvalue weighted by atomic mass is 35.5. The summed E-state index contributed by atoms with van der Waals surface area (Å²) >= 11 is 5.39. The molecule has 0 aromatic carbocycles. The number of allylic oxidation sites excluding steroid dienone is 1. The maximum atomic E-state index is 10.4. The van der Waals surface area contributed by atoms with Crippen LogP contribution in [0, 0.1) is 11.3 Å². The van der Waals surface area contributed by atoms with Gasteiger partial charge in [-0.1, -0.05) is 6.08 Å². The summed E-state index contributed by atoms with van der Waals surface area (Å²) in [6, 6.07) is 1.54. The average molecular weight is 179 g/mol. The smallest absolute Gasteiger partial charge is 0.191 e. The number of rotatable bonds is 3. The van der Waals surface area contributed by atoms with Gasteiger partial charge in [0.2, 0.25) is 0 Å². The lowest BCUT2D eigenvalue weighted by Gasteiger charge is -1.97. The second-order valence-electron chi connectivity index (χ2n) is 1.64. The second-order valence-corrected chi connectivity index (χ2v) is 3.85. The Morgan fingerprint density at radius 3 is 2.60 bits per heavy atom. The van der Waals surface area contributed by atoms with Crippen LogP contribution in [0.1, 0.15) is 6.42 Å². The minimum absolute atomic E-state index is 0.0107. The first-order valence-electron chi connectivity index (χ1n) is 2.44. The lowest BCUT2D eigenvalue weighted by molar-refractivity contribution is 0.491. The van der Waals surface area contributed by atoms with Crippen molar-refractivity contribution in [2.24, 2.45) is 0 Å². The first-order valence-corrected chi connectivity index (χ1v) is 4.03. The fourth-order valence-electron chi connectivity index (χ4n) is 0.358. The molecule has 2 atom stereocenters. The molecular weight excluding hydrogens is 172 g/mol.